The minimum Gasteiger partial charge on any atom is -0.339 e. The lowest BCUT2D eigenvalue weighted by Crippen LogP contribution is -2.30. The summed E-state index contributed by atoms with van der Waals surface area (Å²) < 4.78 is 27.8. The molecule has 0 radical (unpaired) electrons. The van der Waals surface area contributed by atoms with Crippen molar-refractivity contribution in [1.29, 1.82) is 0 Å². The highest BCUT2D eigenvalue weighted by Gasteiger charge is 2.18. The number of imidazole rings is 1. The first-order valence-electron chi connectivity index (χ1n) is 5.79. The van der Waals surface area contributed by atoms with Crippen molar-refractivity contribution in [2.45, 2.75) is 30.3 Å². The fraction of sp³-hybridized carbons (Fsp3) is 0.700. The monoisotopic (exact) mass is 258 g/mol. The molecule has 1 aliphatic rings. The number of aromatic nitrogens is 2. The summed E-state index contributed by atoms with van der Waals surface area (Å²) >= 11 is 0. The first-order chi connectivity index (χ1) is 8.08. The largest absolute Gasteiger partial charge is 0.339 e. The maximum Gasteiger partial charge on any atom is 0.259 e. The van der Waals surface area contributed by atoms with Crippen molar-refractivity contribution in [1.82, 2.24) is 19.6 Å². The van der Waals surface area contributed by atoms with E-state index in [-0.39, 0.29) is 5.03 Å². The van der Waals surface area contributed by atoms with Gasteiger partial charge in [-0.1, -0.05) is 0 Å². The number of aryl methyl sites for hydroxylation is 1. The Kier molecular flexibility index (Phi) is 3.80. The fourth-order valence-electron chi connectivity index (χ4n) is 1.97. The Morgan fingerprint density at radius 1 is 1.65 bits per heavy atom. The molecule has 2 rings (SSSR count). The van der Waals surface area contributed by atoms with Gasteiger partial charge in [0, 0.05) is 25.8 Å². The molecule has 0 saturated carbocycles. The van der Waals surface area contributed by atoms with Crippen molar-refractivity contribution in [3.05, 3.63) is 12.5 Å². The van der Waals surface area contributed by atoms with Crippen LogP contribution in [-0.4, -0.2) is 37.1 Å². The highest BCUT2D eigenvalue weighted by atomic mass is 32.2. The summed E-state index contributed by atoms with van der Waals surface area (Å²) in [6.07, 6.45) is 6.11. The van der Waals surface area contributed by atoms with E-state index in [0.717, 1.165) is 19.4 Å². The summed E-state index contributed by atoms with van der Waals surface area (Å²) in [5.74, 6) is 0. The summed E-state index contributed by atoms with van der Waals surface area (Å²) in [4.78, 5) is 3.83. The van der Waals surface area contributed by atoms with Gasteiger partial charge in [0.2, 0.25) is 0 Å². The van der Waals surface area contributed by atoms with Gasteiger partial charge < -0.3 is 9.88 Å². The van der Waals surface area contributed by atoms with Crippen molar-refractivity contribution in [2.75, 3.05) is 13.1 Å². The van der Waals surface area contributed by atoms with Crippen LogP contribution >= 0.6 is 0 Å². The Morgan fingerprint density at radius 3 is 3.06 bits per heavy atom. The molecule has 7 heteroatoms. The van der Waals surface area contributed by atoms with Gasteiger partial charge in [-0.15, -0.1) is 0 Å². The summed E-state index contributed by atoms with van der Waals surface area (Å²) in [7, 11) is -1.70. The van der Waals surface area contributed by atoms with Crippen LogP contribution in [-0.2, 0) is 17.1 Å². The first-order valence-corrected chi connectivity index (χ1v) is 7.27. The molecule has 1 atom stereocenters. The van der Waals surface area contributed by atoms with E-state index in [1.807, 2.05) is 0 Å². The van der Waals surface area contributed by atoms with E-state index in [1.165, 1.54) is 18.9 Å². The third kappa shape index (κ3) is 3.27. The van der Waals surface area contributed by atoms with Gasteiger partial charge in [-0.05, 0) is 25.8 Å². The van der Waals surface area contributed by atoms with E-state index in [2.05, 4.69) is 15.0 Å². The Bertz CT molecular complexity index is 462. The van der Waals surface area contributed by atoms with E-state index >= 15 is 0 Å². The van der Waals surface area contributed by atoms with Crippen molar-refractivity contribution < 1.29 is 8.42 Å². The molecule has 96 valence electrons. The smallest absolute Gasteiger partial charge is 0.259 e. The molecule has 17 heavy (non-hydrogen) atoms. The van der Waals surface area contributed by atoms with Crippen LogP contribution in [0.1, 0.15) is 19.3 Å². The molecule has 1 aromatic heterocycles. The quantitative estimate of drug-likeness (QED) is 0.769. The van der Waals surface area contributed by atoms with Crippen LogP contribution in [0.3, 0.4) is 0 Å². The average Bonchev–Trinajstić information content (AvgIpc) is 2.89. The second-order valence-electron chi connectivity index (χ2n) is 4.36. The standard InChI is InChI=1S/C10H18N4O2S/c1-14-7-10(12-8-14)17(15,16)13-6-4-9-3-2-5-11-9/h7-9,11,13H,2-6H2,1H3. The van der Waals surface area contributed by atoms with Crippen LogP contribution in [0.2, 0.25) is 0 Å². The Hall–Kier alpha value is -0.920. The summed E-state index contributed by atoms with van der Waals surface area (Å²) in [6, 6.07) is 0.446. The van der Waals surface area contributed by atoms with Gasteiger partial charge in [-0.2, -0.15) is 0 Å². The number of nitrogens with one attached hydrogen (secondary N) is 2. The van der Waals surface area contributed by atoms with Gasteiger partial charge in [0.15, 0.2) is 5.03 Å². The summed E-state index contributed by atoms with van der Waals surface area (Å²) in [5.41, 5.74) is 0. The predicted molar refractivity (Wildman–Crippen MR) is 64.0 cm³/mol. The van der Waals surface area contributed by atoms with E-state index < -0.39 is 10.0 Å². The minimum absolute atomic E-state index is 0.0828. The van der Waals surface area contributed by atoms with Crippen molar-refractivity contribution in [2.24, 2.45) is 7.05 Å². The molecule has 0 amide bonds. The van der Waals surface area contributed by atoms with Gasteiger partial charge in [0.1, 0.15) is 0 Å². The summed E-state index contributed by atoms with van der Waals surface area (Å²) in [6.45, 7) is 1.49. The van der Waals surface area contributed by atoms with Crippen molar-refractivity contribution in [3.8, 4) is 0 Å². The predicted octanol–water partition coefficient (Wildman–Crippen LogP) is -0.159. The maximum absolute atomic E-state index is 11.8. The molecule has 0 spiro atoms. The van der Waals surface area contributed by atoms with Gasteiger partial charge in [-0.25, -0.2) is 18.1 Å². The molecule has 1 fully saturated rings. The Morgan fingerprint density at radius 2 is 2.47 bits per heavy atom. The number of hydrogen-bond donors (Lipinski definition) is 2. The molecule has 0 aliphatic carbocycles. The number of hydrogen-bond acceptors (Lipinski definition) is 4. The number of sulfonamides is 1. The zero-order chi connectivity index (χ0) is 12.3. The normalized spacial score (nSPS) is 20.9. The van der Waals surface area contributed by atoms with Crippen LogP contribution in [0, 0.1) is 0 Å². The van der Waals surface area contributed by atoms with Gasteiger partial charge >= 0.3 is 0 Å². The molecule has 1 saturated heterocycles. The van der Waals surface area contributed by atoms with E-state index in [1.54, 1.807) is 11.6 Å². The Balaban J connectivity index is 1.85. The van der Waals surface area contributed by atoms with E-state index in [0.29, 0.717) is 12.6 Å². The van der Waals surface area contributed by atoms with Gasteiger partial charge in [0.05, 0.1) is 6.33 Å². The molecule has 1 aromatic rings. The number of nitrogens with zero attached hydrogens (tertiary/aromatic N) is 2. The van der Waals surface area contributed by atoms with Gasteiger partial charge in [-0.3, -0.25) is 0 Å². The van der Waals surface area contributed by atoms with Crippen LogP contribution in [0.15, 0.2) is 17.6 Å². The Labute approximate surface area is 101 Å². The third-order valence-corrected chi connectivity index (χ3v) is 4.25. The lowest BCUT2D eigenvalue weighted by Gasteiger charge is -2.10. The topological polar surface area (TPSA) is 76.0 Å². The molecular formula is C10H18N4O2S. The van der Waals surface area contributed by atoms with Crippen LogP contribution < -0.4 is 10.0 Å². The second-order valence-corrected chi connectivity index (χ2v) is 6.07. The second kappa shape index (κ2) is 5.16. The van der Waals surface area contributed by atoms with Crippen molar-refractivity contribution >= 4 is 10.0 Å². The lowest BCUT2D eigenvalue weighted by molar-refractivity contribution is 0.538. The average molecular weight is 258 g/mol. The molecule has 2 N–H and O–H groups in total. The maximum atomic E-state index is 11.8. The van der Waals surface area contributed by atoms with Crippen LogP contribution in [0.5, 0.6) is 0 Å². The van der Waals surface area contributed by atoms with Crippen LogP contribution in [0.4, 0.5) is 0 Å². The molecule has 1 aliphatic heterocycles. The van der Waals surface area contributed by atoms with Gasteiger partial charge in [0.25, 0.3) is 10.0 Å². The zero-order valence-corrected chi connectivity index (χ0v) is 10.7. The van der Waals surface area contributed by atoms with E-state index in [4.69, 9.17) is 0 Å². The van der Waals surface area contributed by atoms with E-state index in [9.17, 15) is 8.42 Å². The molecule has 0 bridgehead atoms. The number of rotatable bonds is 5. The highest BCUT2D eigenvalue weighted by Crippen LogP contribution is 2.09. The lowest BCUT2D eigenvalue weighted by atomic mass is 10.2. The van der Waals surface area contributed by atoms with Crippen molar-refractivity contribution in [3.63, 3.8) is 0 Å². The first kappa shape index (κ1) is 12.5. The zero-order valence-electron chi connectivity index (χ0n) is 9.89. The molecular weight excluding hydrogens is 240 g/mol. The highest BCUT2D eigenvalue weighted by molar-refractivity contribution is 7.89. The molecule has 2 heterocycles. The van der Waals surface area contributed by atoms with Crippen LogP contribution in [0.25, 0.3) is 0 Å². The third-order valence-electron chi connectivity index (χ3n) is 2.90. The molecule has 6 nitrogen and oxygen atoms in total. The fourth-order valence-corrected chi connectivity index (χ4v) is 3.00. The minimum atomic E-state index is -3.44. The SMILES string of the molecule is Cn1cnc(S(=O)(=O)NCCC2CCCN2)c1. The molecule has 1 unspecified atom stereocenters. The summed E-state index contributed by atoms with van der Waals surface area (Å²) in [5, 5.41) is 3.41. The molecule has 0 aromatic carbocycles.